The number of carbonyl (C=O) groups excluding carboxylic acids is 1. The van der Waals surface area contributed by atoms with E-state index in [1.165, 1.54) is 18.2 Å². The second kappa shape index (κ2) is 7.82. The molecule has 144 valence electrons. The Morgan fingerprint density at radius 1 is 0.964 bits per heavy atom. The van der Waals surface area contributed by atoms with Crippen LogP contribution in [0.1, 0.15) is 27.0 Å². The van der Waals surface area contributed by atoms with Crippen molar-refractivity contribution in [3.8, 4) is 0 Å². The Bertz CT molecular complexity index is 1140. The highest BCUT2D eigenvalue weighted by Crippen LogP contribution is 2.31. The number of aryl methyl sites for hydroxylation is 3. The number of benzene rings is 2. The number of rotatable bonds is 5. The molecule has 2 N–H and O–H groups in total. The van der Waals surface area contributed by atoms with E-state index < -0.39 is 15.9 Å². The number of H-pyrrole nitrogens is 1. The summed E-state index contributed by atoms with van der Waals surface area (Å²) in [7, 11) is -3.95. The zero-order chi connectivity index (χ0) is 20.3. The van der Waals surface area contributed by atoms with Gasteiger partial charge in [-0.2, -0.15) is 0 Å². The van der Waals surface area contributed by atoms with Gasteiger partial charge in [-0.3, -0.25) is 0 Å². The number of nitrogens with one attached hydrogen (secondary N) is 2. The van der Waals surface area contributed by atoms with Gasteiger partial charge in [0.25, 0.3) is 5.82 Å². The first-order valence-electron chi connectivity index (χ1n) is 8.70. The number of aromatic nitrogens is 1. The number of carbonyl (C=O) groups is 1. The molecule has 2 aromatic carbocycles. The monoisotopic (exact) mass is 395 g/mol. The van der Waals surface area contributed by atoms with Crippen molar-refractivity contribution in [2.24, 2.45) is 0 Å². The van der Waals surface area contributed by atoms with Crippen LogP contribution >= 0.6 is 0 Å². The SMILES string of the molecule is Cc1cc[nH+]c(NC(=O)c2cccc(S(=O)(=O)[N-]c3ccc(C)cc3C)c2)c1. The second-order valence-electron chi connectivity index (χ2n) is 6.62. The summed E-state index contributed by atoms with van der Waals surface area (Å²) < 4.78 is 29.4. The van der Waals surface area contributed by atoms with Crippen molar-refractivity contribution >= 4 is 27.4 Å². The van der Waals surface area contributed by atoms with Gasteiger partial charge < -0.3 is 4.72 Å². The average molecular weight is 395 g/mol. The van der Waals surface area contributed by atoms with E-state index in [9.17, 15) is 13.2 Å². The van der Waals surface area contributed by atoms with E-state index in [0.29, 0.717) is 11.5 Å². The highest BCUT2D eigenvalue weighted by atomic mass is 32.2. The van der Waals surface area contributed by atoms with Crippen LogP contribution in [0.4, 0.5) is 11.5 Å². The highest BCUT2D eigenvalue weighted by molar-refractivity contribution is 7.94. The fourth-order valence-corrected chi connectivity index (χ4v) is 3.83. The maximum atomic E-state index is 12.7. The summed E-state index contributed by atoms with van der Waals surface area (Å²) in [5, 5.41) is 2.72. The molecule has 1 heterocycles. The van der Waals surface area contributed by atoms with Crippen molar-refractivity contribution < 1.29 is 18.2 Å². The maximum Gasteiger partial charge on any atom is 0.339 e. The second-order valence-corrected chi connectivity index (χ2v) is 8.22. The summed E-state index contributed by atoms with van der Waals surface area (Å²) in [6.07, 6.45) is 1.72. The standard InChI is InChI=1S/C21H20N3O3S/c1-14-7-8-19(16(3)11-14)24-28(26,27)18-6-4-5-17(13-18)21(25)23-20-12-15(2)9-10-22-20/h4-13H,1-3H3,(H,22,23,25)/q-1/p+1. The summed E-state index contributed by atoms with van der Waals surface area (Å²) in [6.45, 7) is 5.65. The van der Waals surface area contributed by atoms with Gasteiger partial charge in [0, 0.05) is 6.07 Å². The Kier molecular flexibility index (Phi) is 5.46. The summed E-state index contributed by atoms with van der Waals surface area (Å²) in [6, 6.07) is 14.9. The Labute approximate surface area is 164 Å². The lowest BCUT2D eigenvalue weighted by atomic mass is 10.1. The zero-order valence-corrected chi connectivity index (χ0v) is 16.7. The fraction of sp³-hybridized carbons (Fsp3) is 0.143. The van der Waals surface area contributed by atoms with Gasteiger partial charge in [-0.1, -0.05) is 35.4 Å². The first-order valence-corrected chi connectivity index (χ1v) is 10.1. The van der Waals surface area contributed by atoms with E-state index in [0.717, 1.165) is 16.7 Å². The predicted octanol–water partition coefficient (Wildman–Crippen LogP) is 4.07. The number of amides is 1. The Balaban J connectivity index is 1.84. The van der Waals surface area contributed by atoms with E-state index in [-0.39, 0.29) is 10.5 Å². The van der Waals surface area contributed by atoms with Crippen LogP contribution in [-0.2, 0) is 10.0 Å². The lowest BCUT2D eigenvalue weighted by Gasteiger charge is -2.24. The average Bonchev–Trinajstić information content (AvgIpc) is 2.64. The zero-order valence-electron chi connectivity index (χ0n) is 15.9. The van der Waals surface area contributed by atoms with Crippen molar-refractivity contribution in [2.75, 3.05) is 5.32 Å². The van der Waals surface area contributed by atoms with Crippen LogP contribution in [0.2, 0.25) is 0 Å². The summed E-state index contributed by atoms with van der Waals surface area (Å²) in [5.41, 5.74) is 3.40. The van der Waals surface area contributed by atoms with Gasteiger partial charge in [-0.25, -0.2) is 23.5 Å². The summed E-state index contributed by atoms with van der Waals surface area (Å²) in [4.78, 5) is 15.4. The third-order valence-corrected chi connectivity index (χ3v) is 5.46. The minimum absolute atomic E-state index is 0.0339. The third kappa shape index (κ3) is 4.55. The van der Waals surface area contributed by atoms with Crippen LogP contribution in [0, 0.1) is 20.8 Å². The number of hydrogen-bond donors (Lipinski definition) is 1. The molecule has 7 heteroatoms. The minimum atomic E-state index is -3.95. The lowest BCUT2D eigenvalue weighted by molar-refractivity contribution is -0.360. The fourth-order valence-electron chi connectivity index (χ4n) is 2.73. The molecule has 28 heavy (non-hydrogen) atoms. The van der Waals surface area contributed by atoms with Gasteiger partial charge in [-0.05, 0) is 50.6 Å². The van der Waals surface area contributed by atoms with Gasteiger partial charge in [0.2, 0.25) is 0 Å². The maximum absolute atomic E-state index is 12.7. The quantitative estimate of drug-likeness (QED) is 0.706. The molecule has 0 aliphatic heterocycles. The molecular formula is C21H21N3O3S. The van der Waals surface area contributed by atoms with Gasteiger partial charge in [0.1, 0.15) is 10.0 Å². The molecule has 3 aromatic rings. The topological polar surface area (TPSA) is 91.5 Å². The first kappa shape index (κ1) is 19.6. The number of hydrogen-bond acceptors (Lipinski definition) is 3. The van der Waals surface area contributed by atoms with Crippen LogP contribution in [0.3, 0.4) is 0 Å². The Morgan fingerprint density at radius 2 is 1.71 bits per heavy atom. The molecule has 0 saturated heterocycles. The van der Waals surface area contributed by atoms with Gasteiger partial charge >= 0.3 is 5.91 Å². The smallest absolute Gasteiger partial charge is 0.339 e. The van der Waals surface area contributed by atoms with Gasteiger partial charge in [-0.15, -0.1) is 5.69 Å². The molecule has 6 nitrogen and oxygen atoms in total. The van der Waals surface area contributed by atoms with E-state index >= 15 is 0 Å². The first-order chi connectivity index (χ1) is 13.2. The molecule has 0 saturated carbocycles. The van der Waals surface area contributed by atoms with Crippen molar-refractivity contribution in [1.29, 1.82) is 0 Å². The van der Waals surface area contributed by atoms with Crippen molar-refractivity contribution in [1.82, 2.24) is 0 Å². The molecule has 0 radical (unpaired) electrons. The van der Waals surface area contributed by atoms with Crippen molar-refractivity contribution in [3.05, 3.63) is 87.8 Å². The molecule has 0 bridgehead atoms. The number of nitrogens with zero attached hydrogens (tertiary/aromatic N) is 1. The van der Waals surface area contributed by atoms with Gasteiger partial charge in [0.15, 0.2) is 0 Å². The molecular weight excluding hydrogens is 374 g/mol. The van der Waals surface area contributed by atoms with Crippen molar-refractivity contribution in [2.45, 2.75) is 25.7 Å². The normalized spacial score (nSPS) is 11.1. The van der Waals surface area contributed by atoms with E-state index in [1.807, 2.05) is 39.0 Å². The van der Waals surface area contributed by atoms with E-state index in [2.05, 4.69) is 15.0 Å². The van der Waals surface area contributed by atoms with E-state index in [4.69, 9.17) is 0 Å². The van der Waals surface area contributed by atoms with Crippen molar-refractivity contribution in [3.63, 3.8) is 0 Å². The van der Waals surface area contributed by atoms with Crippen LogP contribution < -0.4 is 10.3 Å². The van der Waals surface area contributed by atoms with Crippen LogP contribution in [-0.4, -0.2) is 14.3 Å². The van der Waals surface area contributed by atoms with Crippen LogP contribution in [0.5, 0.6) is 0 Å². The molecule has 0 fully saturated rings. The number of anilines is 1. The third-order valence-electron chi connectivity index (χ3n) is 4.17. The van der Waals surface area contributed by atoms with Crippen LogP contribution in [0.25, 0.3) is 4.72 Å². The Hall–Kier alpha value is -3.19. The molecule has 0 aliphatic carbocycles. The molecule has 0 atom stereocenters. The lowest BCUT2D eigenvalue weighted by Crippen LogP contribution is -2.19. The highest BCUT2D eigenvalue weighted by Gasteiger charge is 2.15. The summed E-state index contributed by atoms with van der Waals surface area (Å²) >= 11 is 0. The molecule has 3 rings (SSSR count). The molecule has 1 aromatic heterocycles. The van der Waals surface area contributed by atoms with Crippen LogP contribution in [0.15, 0.2) is 65.7 Å². The predicted molar refractivity (Wildman–Crippen MR) is 108 cm³/mol. The number of aromatic amines is 1. The Morgan fingerprint density at radius 3 is 2.43 bits per heavy atom. The van der Waals surface area contributed by atoms with E-state index in [1.54, 1.807) is 24.4 Å². The number of pyridine rings is 1. The molecule has 0 aliphatic rings. The molecule has 1 amide bonds. The largest absolute Gasteiger partial charge is 0.572 e. The molecule has 0 spiro atoms. The minimum Gasteiger partial charge on any atom is -0.572 e. The number of sulfonamides is 1. The molecule has 0 unspecified atom stereocenters. The van der Waals surface area contributed by atoms with Gasteiger partial charge in [0.05, 0.1) is 16.7 Å². The summed E-state index contributed by atoms with van der Waals surface area (Å²) in [5.74, 6) is 0.114.